The van der Waals surface area contributed by atoms with E-state index in [-0.39, 0.29) is 12.4 Å². The summed E-state index contributed by atoms with van der Waals surface area (Å²) < 4.78 is 10.0. The van der Waals surface area contributed by atoms with Gasteiger partial charge in [0.05, 0.1) is 19.9 Å². The molecule has 0 aliphatic carbocycles. The van der Waals surface area contributed by atoms with E-state index in [1.165, 1.54) is 7.11 Å². The fourth-order valence-corrected chi connectivity index (χ4v) is 1.84. The Morgan fingerprint density at radius 3 is 2.77 bits per heavy atom. The number of azo groups is 1. The number of rotatable bonds is 9. The number of unbranched alkanes of at least 4 members (excludes halogenated alkanes) is 1. The minimum absolute atomic E-state index is 0.00213. The molecule has 2 aromatic heterocycles. The molecule has 2 heterocycles. The number of anilines is 2. The molecule has 0 aliphatic rings. The Balaban J connectivity index is 1.95. The Bertz CT molecular complexity index is 749. The molecule has 0 fully saturated rings. The van der Waals surface area contributed by atoms with Crippen molar-refractivity contribution in [2.75, 3.05) is 31.3 Å². The van der Waals surface area contributed by atoms with E-state index in [9.17, 15) is 4.79 Å². The molecule has 0 bridgehead atoms. The molecule has 9 nitrogen and oxygen atoms in total. The second-order valence-corrected chi connectivity index (χ2v) is 5.29. The van der Waals surface area contributed by atoms with Crippen LogP contribution >= 0.6 is 0 Å². The summed E-state index contributed by atoms with van der Waals surface area (Å²) in [5.74, 6) is 0.793. The van der Waals surface area contributed by atoms with E-state index in [4.69, 9.17) is 10.5 Å². The van der Waals surface area contributed by atoms with Crippen LogP contribution in [0.25, 0.3) is 0 Å². The Labute approximate surface area is 151 Å². The van der Waals surface area contributed by atoms with E-state index in [1.807, 2.05) is 0 Å². The van der Waals surface area contributed by atoms with Gasteiger partial charge in [-0.3, -0.25) is 4.79 Å². The minimum atomic E-state index is -0.399. The number of pyridine rings is 2. The number of carbonyl (C=O) groups is 1. The summed E-state index contributed by atoms with van der Waals surface area (Å²) in [6.07, 6.45) is 3.62. The molecule has 0 saturated carbocycles. The highest BCUT2D eigenvalue weighted by Gasteiger charge is 2.04. The highest BCUT2D eigenvalue weighted by atomic mass is 16.5. The lowest BCUT2D eigenvalue weighted by Gasteiger charge is -2.06. The predicted molar refractivity (Wildman–Crippen MR) is 98.0 cm³/mol. The molecule has 0 atom stereocenters. The maximum atomic E-state index is 11.1. The Morgan fingerprint density at radius 2 is 2.12 bits per heavy atom. The Hall–Kier alpha value is -3.23. The van der Waals surface area contributed by atoms with Crippen molar-refractivity contribution < 1.29 is 14.3 Å². The quantitative estimate of drug-likeness (QED) is 0.400. The van der Waals surface area contributed by atoms with Gasteiger partial charge >= 0.3 is 5.97 Å². The van der Waals surface area contributed by atoms with Crippen molar-refractivity contribution in [3.63, 3.8) is 0 Å². The van der Waals surface area contributed by atoms with E-state index in [0.717, 1.165) is 12.8 Å². The third-order valence-corrected chi connectivity index (χ3v) is 3.29. The molecule has 3 N–H and O–H groups in total. The Kier molecular flexibility index (Phi) is 7.29. The first kappa shape index (κ1) is 19.1. The van der Waals surface area contributed by atoms with Gasteiger partial charge in [-0.2, -0.15) is 0 Å². The normalized spacial score (nSPS) is 10.7. The standard InChI is InChI=1S/C17H22N6O3/c1-3-4-9-26-15-8-5-12(10-20-15)22-23-13-6-7-14(21-17(13)18)19-11-16(24)25-2/h5-8,10H,3-4,9,11H2,1-2H3,(H3,18,19,21). The molecule has 138 valence electrons. The number of methoxy groups -OCH3 is 1. The van der Waals surface area contributed by atoms with E-state index in [0.29, 0.717) is 29.7 Å². The average molecular weight is 358 g/mol. The van der Waals surface area contributed by atoms with Crippen molar-refractivity contribution >= 4 is 29.0 Å². The van der Waals surface area contributed by atoms with Gasteiger partial charge in [-0.15, -0.1) is 10.2 Å². The van der Waals surface area contributed by atoms with Crippen LogP contribution in [0.3, 0.4) is 0 Å². The van der Waals surface area contributed by atoms with Crippen LogP contribution in [0.15, 0.2) is 40.7 Å². The number of nitrogens with two attached hydrogens (primary N) is 1. The largest absolute Gasteiger partial charge is 0.478 e. The number of nitrogens with zero attached hydrogens (tertiary/aromatic N) is 4. The van der Waals surface area contributed by atoms with Gasteiger partial charge in [-0.25, -0.2) is 9.97 Å². The molecule has 9 heteroatoms. The lowest BCUT2D eigenvalue weighted by molar-refractivity contribution is -0.138. The van der Waals surface area contributed by atoms with E-state index in [2.05, 4.69) is 37.2 Å². The Morgan fingerprint density at radius 1 is 1.27 bits per heavy atom. The topological polar surface area (TPSA) is 124 Å². The fourth-order valence-electron chi connectivity index (χ4n) is 1.84. The maximum Gasteiger partial charge on any atom is 0.325 e. The molecule has 0 spiro atoms. The zero-order chi connectivity index (χ0) is 18.8. The summed E-state index contributed by atoms with van der Waals surface area (Å²) >= 11 is 0. The van der Waals surface area contributed by atoms with Crippen molar-refractivity contribution in [3.05, 3.63) is 30.5 Å². The predicted octanol–water partition coefficient (Wildman–Crippen LogP) is 3.24. The first-order valence-electron chi connectivity index (χ1n) is 8.20. The number of hydrogen-bond acceptors (Lipinski definition) is 9. The first-order valence-corrected chi connectivity index (χ1v) is 8.20. The number of aromatic nitrogens is 2. The van der Waals surface area contributed by atoms with Gasteiger partial charge in [0.2, 0.25) is 5.88 Å². The lowest BCUT2D eigenvalue weighted by Crippen LogP contribution is -2.15. The van der Waals surface area contributed by atoms with Crippen molar-refractivity contribution in [2.24, 2.45) is 10.2 Å². The zero-order valence-electron chi connectivity index (χ0n) is 14.8. The maximum absolute atomic E-state index is 11.1. The number of hydrogen-bond donors (Lipinski definition) is 2. The summed E-state index contributed by atoms with van der Waals surface area (Å²) in [4.78, 5) is 19.4. The molecular weight excluding hydrogens is 336 g/mol. The zero-order valence-corrected chi connectivity index (χ0v) is 14.8. The summed E-state index contributed by atoms with van der Waals surface area (Å²) in [5, 5.41) is 11.0. The molecule has 0 aliphatic heterocycles. The SMILES string of the molecule is CCCCOc1ccc(N=Nc2ccc(NCC(=O)OC)nc2N)cn1. The monoisotopic (exact) mass is 358 g/mol. The van der Waals surface area contributed by atoms with Gasteiger partial charge in [0.25, 0.3) is 0 Å². The van der Waals surface area contributed by atoms with Crippen molar-refractivity contribution in [1.82, 2.24) is 9.97 Å². The van der Waals surface area contributed by atoms with Crippen LogP contribution in [0, 0.1) is 0 Å². The highest BCUT2D eigenvalue weighted by Crippen LogP contribution is 2.24. The molecule has 0 amide bonds. The summed E-state index contributed by atoms with van der Waals surface area (Å²) in [6, 6.07) is 6.80. The van der Waals surface area contributed by atoms with Crippen LogP contribution in [0.4, 0.5) is 23.0 Å². The average Bonchev–Trinajstić information content (AvgIpc) is 2.66. The molecule has 0 aromatic carbocycles. The number of ether oxygens (including phenoxy) is 2. The molecule has 2 aromatic rings. The van der Waals surface area contributed by atoms with E-state index in [1.54, 1.807) is 30.5 Å². The van der Waals surface area contributed by atoms with Gasteiger partial charge in [0.15, 0.2) is 5.82 Å². The van der Waals surface area contributed by atoms with Crippen LogP contribution in [-0.4, -0.2) is 36.2 Å². The first-order chi connectivity index (χ1) is 12.6. The third kappa shape index (κ3) is 6.00. The van der Waals surface area contributed by atoms with Crippen LogP contribution in [0.1, 0.15) is 19.8 Å². The van der Waals surface area contributed by atoms with Gasteiger partial charge in [0.1, 0.15) is 23.7 Å². The van der Waals surface area contributed by atoms with Crippen molar-refractivity contribution in [1.29, 1.82) is 0 Å². The number of nitrogen functional groups attached to an aromatic ring is 1. The van der Waals surface area contributed by atoms with Crippen LogP contribution < -0.4 is 15.8 Å². The lowest BCUT2D eigenvalue weighted by atomic mass is 10.3. The van der Waals surface area contributed by atoms with Crippen LogP contribution in [0.5, 0.6) is 5.88 Å². The van der Waals surface area contributed by atoms with E-state index >= 15 is 0 Å². The summed E-state index contributed by atoms with van der Waals surface area (Å²) in [7, 11) is 1.31. The second-order valence-electron chi connectivity index (χ2n) is 5.29. The van der Waals surface area contributed by atoms with Gasteiger partial charge in [-0.1, -0.05) is 13.3 Å². The second kappa shape index (κ2) is 9.92. The highest BCUT2D eigenvalue weighted by molar-refractivity contribution is 5.74. The minimum Gasteiger partial charge on any atom is -0.478 e. The van der Waals surface area contributed by atoms with Gasteiger partial charge < -0.3 is 20.5 Å². The molecule has 0 unspecified atom stereocenters. The van der Waals surface area contributed by atoms with Crippen molar-refractivity contribution in [2.45, 2.75) is 19.8 Å². The van der Waals surface area contributed by atoms with E-state index < -0.39 is 5.97 Å². The smallest absolute Gasteiger partial charge is 0.325 e. The number of nitrogens with one attached hydrogen (secondary N) is 1. The van der Waals surface area contributed by atoms with Crippen LogP contribution in [-0.2, 0) is 9.53 Å². The van der Waals surface area contributed by atoms with Gasteiger partial charge in [0, 0.05) is 6.07 Å². The molecular formula is C17H22N6O3. The molecule has 26 heavy (non-hydrogen) atoms. The summed E-state index contributed by atoms with van der Waals surface area (Å²) in [5.41, 5.74) is 6.84. The molecule has 0 saturated heterocycles. The fraction of sp³-hybridized carbons (Fsp3) is 0.353. The number of carbonyl (C=O) groups excluding carboxylic acids is 1. The molecule has 0 radical (unpaired) electrons. The molecule has 2 rings (SSSR count). The number of esters is 1. The van der Waals surface area contributed by atoms with Crippen LogP contribution in [0.2, 0.25) is 0 Å². The third-order valence-electron chi connectivity index (χ3n) is 3.29. The summed E-state index contributed by atoms with van der Waals surface area (Å²) in [6.45, 7) is 2.74. The van der Waals surface area contributed by atoms with Gasteiger partial charge in [-0.05, 0) is 24.6 Å². The van der Waals surface area contributed by atoms with Crippen molar-refractivity contribution in [3.8, 4) is 5.88 Å².